The van der Waals surface area contributed by atoms with Crippen molar-refractivity contribution in [2.24, 2.45) is 11.8 Å². The quantitative estimate of drug-likeness (QED) is 0.872. The van der Waals surface area contributed by atoms with Gasteiger partial charge in [0.2, 0.25) is 5.91 Å². The van der Waals surface area contributed by atoms with E-state index in [1.165, 1.54) is 0 Å². The molecule has 1 amide bonds. The normalized spacial score (nSPS) is 21.8. The molecule has 1 aliphatic carbocycles. The summed E-state index contributed by atoms with van der Waals surface area (Å²) in [6.45, 7) is 2.10. The first-order valence-electron chi connectivity index (χ1n) is 7.75. The molecule has 2 rings (SSSR count). The minimum absolute atomic E-state index is 0.148. The van der Waals surface area contributed by atoms with E-state index in [-0.39, 0.29) is 5.91 Å². The van der Waals surface area contributed by atoms with Crippen LogP contribution in [0.2, 0.25) is 0 Å². The van der Waals surface area contributed by atoms with Crippen LogP contribution in [0.25, 0.3) is 0 Å². The van der Waals surface area contributed by atoms with Crippen LogP contribution in [0.3, 0.4) is 0 Å². The van der Waals surface area contributed by atoms with E-state index in [9.17, 15) is 14.7 Å². The first kappa shape index (κ1) is 15.5. The number of aliphatic carboxylic acids is 1. The van der Waals surface area contributed by atoms with E-state index in [1.54, 1.807) is 0 Å². The molecule has 0 aliphatic heterocycles. The summed E-state index contributed by atoms with van der Waals surface area (Å²) < 4.78 is 0. The predicted octanol–water partition coefficient (Wildman–Crippen LogP) is 3.47. The van der Waals surface area contributed by atoms with Crippen molar-refractivity contribution in [3.8, 4) is 0 Å². The second kappa shape index (κ2) is 7.25. The number of anilines is 1. The van der Waals surface area contributed by atoms with Crippen molar-refractivity contribution in [1.82, 2.24) is 0 Å². The predicted molar refractivity (Wildman–Crippen MR) is 82.2 cm³/mol. The van der Waals surface area contributed by atoms with Crippen molar-refractivity contribution in [2.45, 2.75) is 45.4 Å². The van der Waals surface area contributed by atoms with Crippen LogP contribution >= 0.6 is 0 Å². The molecule has 4 heteroatoms. The lowest BCUT2D eigenvalue weighted by molar-refractivity contribution is -0.147. The number of hydrogen-bond donors (Lipinski definition) is 2. The van der Waals surface area contributed by atoms with Gasteiger partial charge in [-0.1, -0.05) is 44.4 Å². The summed E-state index contributed by atoms with van der Waals surface area (Å²) in [7, 11) is 0. The van der Waals surface area contributed by atoms with Gasteiger partial charge in [-0.15, -0.1) is 0 Å². The second-order valence-corrected chi connectivity index (χ2v) is 5.73. The molecule has 1 saturated carbocycles. The van der Waals surface area contributed by atoms with Gasteiger partial charge in [-0.05, 0) is 30.9 Å². The van der Waals surface area contributed by atoms with Gasteiger partial charge < -0.3 is 10.4 Å². The molecule has 0 heterocycles. The average Bonchev–Trinajstić information content (AvgIpc) is 2.49. The van der Waals surface area contributed by atoms with Crippen molar-refractivity contribution in [1.29, 1.82) is 0 Å². The third-order valence-corrected chi connectivity index (χ3v) is 4.21. The highest BCUT2D eigenvalue weighted by molar-refractivity contribution is 5.95. The van der Waals surface area contributed by atoms with Crippen LogP contribution in [0.5, 0.6) is 0 Å². The number of rotatable bonds is 5. The molecular formula is C17H23NO3. The molecular weight excluding hydrogens is 266 g/mol. The van der Waals surface area contributed by atoms with Crippen LogP contribution in [0.15, 0.2) is 24.3 Å². The van der Waals surface area contributed by atoms with E-state index in [2.05, 4.69) is 12.2 Å². The molecule has 0 bridgehead atoms. The zero-order valence-corrected chi connectivity index (χ0v) is 12.5. The maximum absolute atomic E-state index is 12.5. The fraction of sp³-hybridized carbons (Fsp3) is 0.529. The minimum atomic E-state index is -0.850. The molecule has 2 N–H and O–H groups in total. The number of para-hydroxylation sites is 1. The Morgan fingerprint density at radius 1 is 1.19 bits per heavy atom. The van der Waals surface area contributed by atoms with Gasteiger partial charge in [-0.25, -0.2) is 0 Å². The zero-order chi connectivity index (χ0) is 15.2. The summed E-state index contributed by atoms with van der Waals surface area (Å²) in [4.78, 5) is 23.8. The molecule has 1 aromatic carbocycles. The van der Waals surface area contributed by atoms with Crippen LogP contribution in [0.4, 0.5) is 5.69 Å². The maximum atomic E-state index is 12.5. The molecule has 114 valence electrons. The third-order valence-electron chi connectivity index (χ3n) is 4.21. The standard InChI is InChI=1S/C17H23NO3/c1-2-7-12-8-3-6-11-15(12)18-16(19)13-9-4-5-10-14(13)17(20)21/h3,6,8,11,13-14H,2,4-5,7,9-10H2,1H3,(H,18,19)(H,20,21). The molecule has 0 aromatic heterocycles. The topological polar surface area (TPSA) is 66.4 Å². The largest absolute Gasteiger partial charge is 0.481 e. The maximum Gasteiger partial charge on any atom is 0.307 e. The molecule has 21 heavy (non-hydrogen) atoms. The summed E-state index contributed by atoms with van der Waals surface area (Å²) in [6.07, 6.45) is 5.01. The Bertz CT molecular complexity index is 513. The number of aryl methyl sites for hydroxylation is 1. The molecule has 2 atom stereocenters. The van der Waals surface area contributed by atoms with Crippen LogP contribution < -0.4 is 5.32 Å². The van der Waals surface area contributed by atoms with Crippen LogP contribution in [0, 0.1) is 11.8 Å². The molecule has 1 fully saturated rings. The minimum Gasteiger partial charge on any atom is -0.481 e. The second-order valence-electron chi connectivity index (χ2n) is 5.73. The van der Waals surface area contributed by atoms with E-state index in [0.29, 0.717) is 12.8 Å². The fourth-order valence-corrected chi connectivity index (χ4v) is 3.10. The lowest BCUT2D eigenvalue weighted by Gasteiger charge is -2.27. The Balaban J connectivity index is 2.11. The van der Waals surface area contributed by atoms with Crippen LogP contribution in [0.1, 0.15) is 44.6 Å². The molecule has 1 aromatic rings. The highest BCUT2D eigenvalue weighted by Gasteiger charge is 2.35. The van der Waals surface area contributed by atoms with E-state index >= 15 is 0 Å². The number of benzene rings is 1. The number of carbonyl (C=O) groups excluding carboxylic acids is 1. The first-order chi connectivity index (χ1) is 10.1. The Hall–Kier alpha value is -1.84. The number of carbonyl (C=O) groups is 2. The van der Waals surface area contributed by atoms with Gasteiger partial charge in [-0.3, -0.25) is 9.59 Å². The van der Waals surface area contributed by atoms with Gasteiger partial charge in [0.25, 0.3) is 0 Å². The van der Waals surface area contributed by atoms with E-state index in [0.717, 1.165) is 36.9 Å². The summed E-state index contributed by atoms with van der Waals surface area (Å²) in [5.41, 5.74) is 1.93. The lowest BCUT2D eigenvalue weighted by Crippen LogP contribution is -2.36. The Kier molecular flexibility index (Phi) is 5.37. The molecule has 4 nitrogen and oxygen atoms in total. The molecule has 2 unspecified atom stereocenters. The number of amides is 1. The Labute approximate surface area is 125 Å². The molecule has 0 saturated heterocycles. The summed E-state index contributed by atoms with van der Waals surface area (Å²) >= 11 is 0. The average molecular weight is 289 g/mol. The van der Waals surface area contributed by atoms with Gasteiger partial charge in [-0.2, -0.15) is 0 Å². The summed E-state index contributed by atoms with van der Waals surface area (Å²) in [6, 6.07) is 7.75. The summed E-state index contributed by atoms with van der Waals surface area (Å²) in [5.74, 6) is -1.95. The fourth-order valence-electron chi connectivity index (χ4n) is 3.10. The van der Waals surface area contributed by atoms with Crippen LogP contribution in [-0.4, -0.2) is 17.0 Å². The SMILES string of the molecule is CCCc1ccccc1NC(=O)C1CCCCC1C(=O)O. The highest BCUT2D eigenvalue weighted by atomic mass is 16.4. The third kappa shape index (κ3) is 3.84. The van der Waals surface area contributed by atoms with Gasteiger partial charge in [0.1, 0.15) is 0 Å². The molecule has 0 radical (unpaired) electrons. The first-order valence-corrected chi connectivity index (χ1v) is 7.75. The number of nitrogens with one attached hydrogen (secondary N) is 1. The molecule has 1 aliphatic rings. The Morgan fingerprint density at radius 2 is 1.86 bits per heavy atom. The van der Waals surface area contributed by atoms with Gasteiger partial charge >= 0.3 is 5.97 Å². The van der Waals surface area contributed by atoms with E-state index < -0.39 is 17.8 Å². The van der Waals surface area contributed by atoms with E-state index in [4.69, 9.17) is 0 Å². The van der Waals surface area contributed by atoms with Crippen molar-refractivity contribution in [2.75, 3.05) is 5.32 Å². The van der Waals surface area contributed by atoms with Crippen LogP contribution in [-0.2, 0) is 16.0 Å². The van der Waals surface area contributed by atoms with Crippen molar-refractivity contribution < 1.29 is 14.7 Å². The Morgan fingerprint density at radius 3 is 2.52 bits per heavy atom. The van der Waals surface area contributed by atoms with Gasteiger partial charge in [0.05, 0.1) is 11.8 Å². The number of hydrogen-bond acceptors (Lipinski definition) is 2. The smallest absolute Gasteiger partial charge is 0.307 e. The zero-order valence-electron chi connectivity index (χ0n) is 12.5. The van der Waals surface area contributed by atoms with Crippen molar-refractivity contribution in [3.63, 3.8) is 0 Å². The van der Waals surface area contributed by atoms with Crippen molar-refractivity contribution >= 4 is 17.6 Å². The molecule has 0 spiro atoms. The number of carboxylic acid groups (broad SMARTS) is 1. The van der Waals surface area contributed by atoms with E-state index in [1.807, 2.05) is 24.3 Å². The summed E-state index contributed by atoms with van der Waals surface area (Å²) in [5, 5.41) is 12.2. The lowest BCUT2D eigenvalue weighted by atomic mass is 9.78. The monoisotopic (exact) mass is 289 g/mol. The van der Waals surface area contributed by atoms with Crippen molar-refractivity contribution in [3.05, 3.63) is 29.8 Å². The van der Waals surface area contributed by atoms with Gasteiger partial charge in [0, 0.05) is 5.69 Å². The highest BCUT2D eigenvalue weighted by Crippen LogP contribution is 2.31. The van der Waals surface area contributed by atoms with Gasteiger partial charge in [0.15, 0.2) is 0 Å². The number of carboxylic acids is 1.